The molecule has 0 saturated heterocycles. The predicted molar refractivity (Wildman–Crippen MR) is 101 cm³/mol. The lowest BCUT2D eigenvalue weighted by Gasteiger charge is -2.11. The van der Waals surface area contributed by atoms with E-state index in [1.807, 2.05) is 44.2 Å². The van der Waals surface area contributed by atoms with Gasteiger partial charge in [-0.25, -0.2) is 4.68 Å². The second-order valence-corrected chi connectivity index (χ2v) is 6.48. The molecule has 0 unspecified atom stereocenters. The highest BCUT2D eigenvalue weighted by atomic mass is 32.2. The van der Waals surface area contributed by atoms with Crippen LogP contribution in [0.5, 0.6) is 0 Å². The minimum absolute atomic E-state index is 0.0219. The lowest BCUT2D eigenvalue weighted by atomic mass is 10.2. The SMILES string of the molecule is Cc1cc(NC(=O)CSc2nc(N)nc(N)n2)n(-c2ccccc2C)n1. The second kappa shape index (κ2) is 7.40. The first kappa shape index (κ1) is 17.7. The monoisotopic (exact) mass is 370 g/mol. The first-order valence-electron chi connectivity index (χ1n) is 7.74. The molecular weight excluding hydrogens is 352 g/mol. The smallest absolute Gasteiger partial charge is 0.236 e. The summed E-state index contributed by atoms with van der Waals surface area (Å²) in [5.74, 6) is 0.516. The number of aryl methyl sites for hydroxylation is 2. The summed E-state index contributed by atoms with van der Waals surface area (Å²) in [6.07, 6.45) is 0. The normalized spacial score (nSPS) is 10.7. The Labute approximate surface area is 154 Å². The van der Waals surface area contributed by atoms with Gasteiger partial charge in [0, 0.05) is 6.07 Å². The van der Waals surface area contributed by atoms with Crippen molar-refractivity contribution in [1.82, 2.24) is 24.7 Å². The molecule has 2 heterocycles. The Hall–Kier alpha value is -3.14. The third kappa shape index (κ3) is 4.09. The van der Waals surface area contributed by atoms with Gasteiger partial charge in [0.25, 0.3) is 0 Å². The van der Waals surface area contributed by atoms with Crippen molar-refractivity contribution < 1.29 is 4.79 Å². The number of para-hydroxylation sites is 1. The van der Waals surface area contributed by atoms with Crippen LogP contribution in [0.4, 0.5) is 17.7 Å². The molecule has 10 heteroatoms. The summed E-state index contributed by atoms with van der Waals surface area (Å²) >= 11 is 1.12. The van der Waals surface area contributed by atoms with Crippen LogP contribution < -0.4 is 16.8 Å². The zero-order chi connectivity index (χ0) is 18.7. The number of benzene rings is 1. The fraction of sp³-hybridized carbons (Fsp3) is 0.188. The number of nitrogens with zero attached hydrogens (tertiary/aromatic N) is 5. The van der Waals surface area contributed by atoms with E-state index in [1.165, 1.54) is 0 Å². The van der Waals surface area contributed by atoms with Crippen LogP contribution in [0.15, 0.2) is 35.5 Å². The topological polar surface area (TPSA) is 138 Å². The Morgan fingerprint density at radius 3 is 2.54 bits per heavy atom. The highest BCUT2D eigenvalue weighted by Gasteiger charge is 2.13. The van der Waals surface area contributed by atoms with E-state index in [9.17, 15) is 4.79 Å². The van der Waals surface area contributed by atoms with E-state index < -0.39 is 0 Å². The second-order valence-electron chi connectivity index (χ2n) is 5.54. The molecule has 134 valence electrons. The van der Waals surface area contributed by atoms with E-state index in [2.05, 4.69) is 25.4 Å². The predicted octanol–water partition coefficient (Wildman–Crippen LogP) is 1.57. The minimum atomic E-state index is -0.220. The van der Waals surface area contributed by atoms with Crippen LogP contribution in [0.2, 0.25) is 0 Å². The lowest BCUT2D eigenvalue weighted by Crippen LogP contribution is -2.17. The third-order valence-electron chi connectivity index (χ3n) is 3.42. The van der Waals surface area contributed by atoms with Crippen LogP contribution in [0.1, 0.15) is 11.3 Å². The van der Waals surface area contributed by atoms with Gasteiger partial charge >= 0.3 is 0 Å². The Kier molecular flexibility index (Phi) is 5.03. The van der Waals surface area contributed by atoms with Crippen LogP contribution in [0.25, 0.3) is 5.69 Å². The molecule has 3 rings (SSSR count). The van der Waals surface area contributed by atoms with Gasteiger partial charge < -0.3 is 16.8 Å². The van der Waals surface area contributed by atoms with Gasteiger partial charge in [0.15, 0.2) is 5.16 Å². The maximum absolute atomic E-state index is 12.3. The standard InChI is InChI=1S/C16H18N8OS/c1-9-5-3-4-6-11(9)24-12(7-10(2)23-24)19-13(25)8-26-16-21-14(17)20-15(18)22-16/h3-7H,8H2,1-2H3,(H,19,25)(H4,17,18,20,21,22). The van der Waals surface area contributed by atoms with Crippen molar-refractivity contribution in [2.75, 3.05) is 22.5 Å². The van der Waals surface area contributed by atoms with Crippen molar-refractivity contribution in [2.45, 2.75) is 19.0 Å². The summed E-state index contributed by atoms with van der Waals surface area (Å²) in [6.45, 7) is 3.86. The van der Waals surface area contributed by atoms with Crippen molar-refractivity contribution in [3.8, 4) is 5.69 Å². The zero-order valence-corrected chi connectivity index (χ0v) is 15.1. The van der Waals surface area contributed by atoms with E-state index >= 15 is 0 Å². The Morgan fingerprint density at radius 2 is 1.85 bits per heavy atom. The number of thioether (sulfide) groups is 1. The molecule has 0 spiro atoms. The average molecular weight is 370 g/mol. The van der Waals surface area contributed by atoms with Gasteiger partial charge in [-0.2, -0.15) is 20.1 Å². The maximum Gasteiger partial charge on any atom is 0.236 e. The van der Waals surface area contributed by atoms with Crippen molar-refractivity contribution >= 4 is 35.4 Å². The highest BCUT2D eigenvalue weighted by Crippen LogP contribution is 2.21. The van der Waals surface area contributed by atoms with Gasteiger partial charge in [0.05, 0.1) is 17.1 Å². The number of nitrogens with one attached hydrogen (secondary N) is 1. The molecule has 0 aliphatic heterocycles. The van der Waals surface area contributed by atoms with Gasteiger partial charge in [0.2, 0.25) is 17.8 Å². The van der Waals surface area contributed by atoms with Crippen LogP contribution in [-0.2, 0) is 4.79 Å². The van der Waals surface area contributed by atoms with E-state index in [4.69, 9.17) is 11.5 Å². The van der Waals surface area contributed by atoms with Gasteiger partial charge in [-0.1, -0.05) is 30.0 Å². The van der Waals surface area contributed by atoms with Crippen molar-refractivity contribution in [3.05, 3.63) is 41.6 Å². The van der Waals surface area contributed by atoms with Gasteiger partial charge in [-0.3, -0.25) is 4.79 Å². The van der Waals surface area contributed by atoms with E-state index in [1.54, 1.807) is 4.68 Å². The number of rotatable bonds is 5. The largest absolute Gasteiger partial charge is 0.368 e. The summed E-state index contributed by atoms with van der Waals surface area (Å²) in [7, 11) is 0. The first-order chi connectivity index (χ1) is 12.4. The van der Waals surface area contributed by atoms with Gasteiger partial charge in [-0.05, 0) is 25.5 Å². The molecule has 26 heavy (non-hydrogen) atoms. The van der Waals surface area contributed by atoms with E-state index in [0.29, 0.717) is 11.0 Å². The van der Waals surface area contributed by atoms with Gasteiger partial charge in [-0.15, -0.1) is 0 Å². The molecule has 5 N–H and O–H groups in total. The molecule has 0 fully saturated rings. The van der Waals surface area contributed by atoms with Gasteiger partial charge in [0.1, 0.15) is 5.82 Å². The number of aromatic nitrogens is 5. The van der Waals surface area contributed by atoms with Crippen molar-refractivity contribution in [2.24, 2.45) is 0 Å². The molecule has 3 aromatic rings. The number of carbonyl (C=O) groups is 1. The molecule has 1 aromatic carbocycles. The summed E-state index contributed by atoms with van der Waals surface area (Å²) in [4.78, 5) is 23.9. The summed E-state index contributed by atoms with van der Waals surface area (Å²) < 4.78 is 1.71. The van der Waals surface area contributed by atoms with Crippen LogP contribution in [0.3, 0.4) is 0 Å². The maximum atomic E-state index is 12.3. The van der Waals surface area contributed by atoms with Crippen molar-refractivity contribution in [1.29, 1.82) is 0 Å². The number of nitrogen functional groups attached to an aromatic ring is 2. The average Bonchev–Trinajstić information content (AvgIpc) is 2.92. The van der Waals surface area contributed by atoms with E-state index in [-0.39, 0.29) is 23.6 Å². The number of hydrogen-bond donors (Lipinski definition) is 3. The molecule has 0 saturated carbocycles. The quantitative estimate of drug-likeness (QED) is 0.575. The molecule has 0 aliphatic carbocycles. The molecule has 9 nitrogen and oxygen atoms in total. The van der Waals surface area contributed by atoms with E-state index in [0.717, 1.165) is 28.7 Å². The number of anilines is 3. The molecule has 1 amide bonds. The summed E-state index contributed by atoms with van der Waals surface area (Å²) in [5, 5.41) is 7.63. The number of nitrogens with two attached hydrogens (primary N) is 2. The highest BCUT2D eigenvalue weighted by molar-refractivity contribution is 7.99. The molecule has 0 atom stereocenters. The first-order valence-corrected chi connectivity index (χ1v) is 8.73. The fourth-order valence-electron chi connectivity index (χ4n) is 2.34. The Balaban J connectivity index is 1.73. The van der Waals surface area contributed by atoms with Crippen LogP contribution in [0, 0.1) is 13.8 Å². The minimum Gasteiger partial charge on any atom is -0.368 e. The zero-order valence-electron chi connectivity index (χ0n) is 14.3. The number of hydrogen-bond acceptors (Lipinski definition) is 8. The molecular formula is C16H18N8OS. The molecule has 2 aromatic heterocycles. The van der Waals surface area contributed by atoms with Crippen molar-refractivity contribution in [3.63, 3.8) is 0 Å². The third-order valence-corrected chi connectivity index (χ3v) is 4.27. The Morgan fingerprint density at radius 1 is 1.15 bits per heavy atom. The van der Waals surface area contributed by atoms with Crippen LogP contribution >= 0.6 is 11.8 Å². The summed E-state index contributed by atoms with van der Waals surface area (Å²) in [6, 6.07) is 9.63. The molecule has 0 aliphatic rings. The Bertz CT molecular complexity index is 935. The fourth-order valence-corrected chi connectivity index (χ4v) is 2.98. The number of carbonyl (C=O) groups excluding carboxylic acids is 1. The molecule has 0 bridgehead atoms. The number of amides is 1. The summed E-state index contributed by atoms with van der Waals surface area (Å²) in [5.41, 5.74) is 13.8. The lowest BCUT2D eigenvalue weighted by molar-refractivity contribution is -0.113. The van der Waals surface area contributed by atoms with Crippen LogP contribution in [-0.4, -0.2) is 36.4 Å². The molecule has 0 radical (unpaired) electrons.